The molecule has 0 aromatic carbocycles. The van der Waals surface area contributed by atoms with Crippen LogP contribution in [-0.4, -0.2) is 6.18 Å². The van der Waals surface area contributed by atoms with Crippen molar-refractivity contribution in [3.05, 3.63) is 35.7 Å². The summed E-state index contributed by atoms with van der Waals surface area (Å²) in [6.07, 6.45) is -1.15. The quantitative estimate of drug-likeness (QED) is 0.746. The minimum atomic E-state index is -4.33. The molecule has 0 aromatic heterocycles. The molecule has 84 valence electrons. The average Bonchev–Trinajstić information content (AvgIpc) is 2.05. The first-order valence-corrected chi connectivity index (χ1v) is 4.74. The third kappa shape index (κ3) is 3.15. The second-order valence-electron chi connectivity index (χ2n) is 3.99. The standard InChI is InChI=1S/C11H14F3N/c1-7(2)4-9-6-15-10(5-8(9)3)11(12,13)14/h5-7,15H,3-4H2,1-2H3. The largest absolute Gasteiger partial charge is 0.431 e. The van der Waals surface area contributed by atoms with Crippen molar-refractivity contribution in [3.63, 3.8) is 0 Å². The molecule has 0 unspecified atom stereocenters. The van der Waals surface area contributed by atoms with E-state index in [9.17, 15) is 13.2 Å². The van der Waals surface area contributed by atoms with Crippen LogP contribution in [0.25, 0.3) is 0 Å². The molecule has 0 radical (unpaired) electrons. The molecule has 1 rings (SSSR count). The van der Waals surface area contributed by atoms with E-state index in [0.717, 1.165) is 18.1 Å². The smallest absolute Gasteiger partial charge is 0.357 e. The summed E-state index contributed by atoms with van der Waals surface area (Å²) in [6, 6.07) is 0. The predicted molar refractivity (Wildman–Crippen MR) is 54.0 cm³/mol. The Morgan fingerprint density at radius 2 is 2.00 bits per heavy atom. The molecule has 0 spiro atoms. The zero-order chi connectivity index (χ0) is 11.6. The fraction of sp³-hybridized carbons (Fsp3) is 0.455. The maximum absolute atomic E-state index is 12.3. The number of rotatable bonds is 2. The fourth-order valence-electron chi connectivity index (χ4n) is 1.36. The second kappa shape index (κ2) is 4.13. The molecule has 0 bridgehead atoms. The van der Waals surface area contributed by atoms with Crippen LogP contribution < -0.4 is 5.32 Å². The molecule has 1 N–H and O–H groups in total. The van der Waals surface area contributed by atoms with Gasteiger partial charge in [-0.2, -0.15) is 13.2 Å². The lowest BCUT2D eigenvalue weighted by atomic mass is 9.96. The molecule has 1 heterocycles. The van der Waals surface area contributed by atoms with E-state index in [1.165, 1.54) is 6.20 Å². The maximum atomic E-state index is 12.3. The molecule has 0 atom stereocenters. The summed E-state index contributed by atoms with van der Waals surface area (Å²) in [7, 11) is 0. The van der Waals surface area contributed by atoms with Crippen LogP contribution in [0.5, 0.6) is 0 Å². The zero-order valence-corrected chi connectivity index (χ0v) is 8.78. The van der Waals surface area contributed by atoms with Crippen molar-refractivity contribution in [3.8, 4) is 0 Å². The lowest BCUT2D eigenvalue weighted by Crippen LogP contribution is -2.25. The van der Waals surface area contributed by atoms with Gasteiger partial charge in [0.25, 0.3) is 0 Å². The van der Waals surface area contributed by atoms with Crippen molar-refractivity contribution in [2.45, 2.75) is 26.4 Å². The first-order chi connectivity index (χ1) is 6.80. The normalized spacial score (nSPS) is 17.3. The van der Waals surface area contributed by atoms with Crippen molar-refractivity contribution < 1.29 is 13.2 Å². The molecular formula is C11H14F3N. The number of allylic oxidation sites excluding steroid dienone is 4. The fourth-order valence-corrected chi connectivity index (χ4v) is 1.36. The molecule has 0 amide bonds. The summed E-state index contributed by atoms with van der Waals surface area (Å²) in [6.45, 7) is 7.65. The molecule has 1 nitrogen and oxygen atoms in total. The Morgan fingerprint density at radius 1 is 1.40 bits per heavy atom. The van der Waals surface area contributed by atoms with Gasteiger partial charge in [0.05, 0.1) is 0 Å². The van der Waals surface area contributed by atoms with Gasteiger partial charge in [-0.05, 0) is 29.6 Å². The third-order valence-corrected chi connectivity index (χ3v) is 2.07. The lowest BCUT2D eigenvalue weighted by molar-refractivity contribution is -0.0956. The topological polar surface area (TPSA) is 12.0 Å². The molecule has 0 aliphatic carbocycles. The van der Waals surface area contributed by atoms with Crippen LogP contribution in [0, 0.1) is 5.92 Å². The van der Waals surface area contributed by atoms with E-state index >= 15 is 0 Å². The Balaban J connectivity index is 2.76. The number of hydrogen-bond donors (Lipinski definition) is 1. The van der Waals surface area contributed by atoms with Crippen LogP contribution in [-0.2, 0) is 0 Å². The summed E-state index contributed by atoms with van der Waals surface area (Å²) >= 11 is 0. The van der Waals surface area contributed by atoms with Gasteiger partial charge in [0, 0.05) is 6.20 Å². The Morgan fingerprint density at radius 3 is 2.40 bits per heavy atom. The van der Waals surface area contributed by atoms with Crippen molar-refractivity contribution in [2.24, 2.45) is 5.92 Å². The van der Waals surface area contributed by atoms with E-state index in [1.54, 1.807) is 0 Å². The minimum absolute atomic E-state index is 0.399. The summed E-state index contributed by atoms with van der Waals surface area (Å²) in [5.41, 5.74) is 0.521. The van der Waals surface area contributed by atoms with Crippen molar-refractivity contribution >= 4 is 0 Å². The van der Waals surface area contributed by atoms with Gasteiger partial charge >= 0.3 is 6.18 Å². The van der Waals surface area contributed by atoms with E-state index in [2.05, 4.69) is 11.9 Å². The number of alkyl halides is 3. The van der Waals surface area contributed by atoms with Gasteiger partial charge in [-0.1, -0.05) is 20.4 Å². The molecule has 0 fully saturated rings. The van der Waals surface area contributed by atoms with Gasteiger partial charge in [0.1, 0.15) is 5.70 Å². The van der Waals surface area contributed by atoms with Crippen LogP contribution >= 0.6 is 0 Å². The molecule has 1 aliphatic rings. The molecular weight excluding hydrogens is 203 g/mol. The Bertz CT molecular complexity index is 321. The molecule has 0 saturated heterocycles. The van der Waals surface area contributed by atoms with Gasteiger partial charge in [0.2, 0.25) is 0 Å². The van der Waals surface area contributed by atoms with Crippen LogP contribution in [0.15, 0.2) is 35.7 Å². The van der Waals surface area contributed by atoms with E-state index in [0.29, 0.717) is 11.5 Å². The van der Waals surface area contributed by atoms with Gasteiger partial charge in [-0.25, -0.2) is 0 Å². The first kappa shape index (κ1) is 11.9. The number of nitrogens with one attached hydrogen (secondary N) is 1. The lowest BCUT2D eigenvalue weighted by Gasteiger charge is -2.20. The maximum Gasteiger partial charge on any atom is 0.431 e. The van der Waals surface area contributed by atoms with E-state index in [1.807, 2.05) is 13.8 Å². The van der Waals surface area contributed by atoms with Gasteiger partial charge in [0.15, 0.2) is 0 Å². The Kier molecular flexibility index (Phi) is 3.27. The average molecular weight is 217 g/mol. The van der Waals surface area contributed by atoms with Gasteiger partial charge in [-0.15, -0.1) is 0 Å². The third-order valence-electron chi connectivity index (χ3n) is 2.07. The Hall–Kier alpha value is -1.19. The number of halogens is 3. The number of hydrogen-bond acceptors (Lipinski definition) is 1. The highest BCUT2D eigenvalue weighted by atomic mass is 19.4. The van der Waals surface area contributed by atoms with Crippen LogP contribution in [0.1, 0.15) is 20.3 Å². The monoisotopic (exact) mass is 217 g/mol. The first-order valence-electron chi connectivity index (χ1n) is 4.74. The SMILES string of the molecule is C=C1C=C(C(F)(F)F)NC=C1CC(C)C. The molecule has 0 aromatic rings. The van der Waals surface area contributed by atoms with Gasteiger partial charge < -0.3 is 5.32 Å². The minimum Gasteiger partial charge on any atom is -0.357 e. The van der Waals surface area contributed by atoms with Crippen molar-refractivity contribution in [1.29, 1.82) is 0 Å². The molecule has 4 heteroatoms. The predicted octanol–water partition coefficient (Wildman–Crippen LogP) is 3.52. The summed E-state index contributed by atoms with van der Waals surface area (Å²) < 4.78 is 36.9. The second-order valence-corrected chi connectivity index (χ2v) is 3.99. The van der Waals surface area contributed by atoms with Crippen molar-refractivity contribution in [1.82, 2.24) is 5.32 Å². The highest BCUT2D eigenvalue weighted by Crippen LogP contribution is 2.30. The van der Waals surface area contributed by atoms with Gasteiger partial charge in [-0.3, -0.25) is 0 Å². The summed E-state index contributed by atoms with van der Waals surface area (Å²) in [5.74, 6) is 0.399. The molecule has 0 saturated carbocycles. The highest BCUT2D eigenvalue weighted by molar-refractivity contribution is 5.43. The summed E-state index contributed by atoms with van der Waals surface area (Å²) in [5, 5.41) is 2.26. The molecule has 1 aliphatic heterocycles. The molecule has 15 heavy (non-hydrogen) atoms. The van der Waals surface area contributed by atoms with E-state index in [4.69, 9.17) is 0 Å². The summed E-state index contributed by atoms with van der Waals surface area (Å²) in [4.78, 5) is 0. The zero-order valence-electron chi connectivity index (χ0n) is 8.78. The number of dihydropyridines is 1. The van der Waals surface area contributed by atoms with Crippen LogP contribution in [0.2, 0.25) is 0 Å². The highest BCUT2D eigenvalue weighted by Gasteiger charge is 2.34. The Labute approximate surface area is 87.4 Å². The van der Waals surface area contributed by atoms with E-state index < -0.39 is 11.9 Å². The van der Waals surface area contributed by atoms with E-state index in [-0.39, 0.29) is 0 Å². The van der Waals surface area contributed by atoms with Crippen molar-refractivity contribution in [2.75, 3.05) is 0 Å². The van der Waals surface area contributed by atoms with Crippen LogP contribution in [0.3, 0.4) is 0 Å². The van der Waals surface area contributed by atoms with Crippen LogP contribution in [0.4, 0.5) is 13.2 Å².